The molecule has 1 fully saturated rings. The number of hydrogen-bond donors (Lipinski definition) is 2. The van der Waals surface area contributed by atoms with E-state index in [2.05, 4.69) is 10.2 Å². The fourth-order valence-electron chi connectivity index (χ4n) is 2.92. The Kier molecular flexibility index (Phi) is 4.08. The number of aromatic amines is 1. The highest BCUT2D eigenvalue weighted by Gasteiger charge is 2.37. The van der Waals surface area contributed by atoms with Crippen LogP contribution >= 0.6 is 0 Å². The highest BCUT2D eigenvalue weighted by molar-refractivity contribution is 5.93. The topological polar surface area (TPSA) is 69.2 Å². The Morgan fingerprint density at radius 3 is 2.54 bits per heavy atom. The number of amides is 1. The van der Waals surface area contributed by atoms with Crippen molar-refractivity contribution in [1.82, 2.24) is 15.1 Å². The summed E-state index contributed by atoms with van der Waals surface area (Å²) >= 11 is 0. The number of aliphatic hydroxyl groups excluding tert-OH is 1. The lowest BCUT2D eigenvalue weighted by molar-refractivity contribution is -0.137. The Balaban J connectivity index is 1.86. The van der Waals surface area contributed by atoms with E-state index in [1.54, 1.807) is 13.0 Å². The lowest BCUT2D eigenvalue weighted by Gasteiger charge is -2.24. The predicted molar refractivity (Wildman–Crippen MR) is 79.2 cm³/mol. The van der Waals surface area contributed by atoms with Gasteiger partial charge in [0.25, 0.3) is 5.91 Å². The van der Waals surface area contributed by atoms with Crippen LogP contribution in [0.15, 0.2) is 30.3 Å². The fourth-order valence-corrected chi connectivity index (χ4v) is 2.92. The molecule has 0 radical (unpaired) electrons. The van der Waals surface area contributed by atoms with E-state index in [1.165, 1.54) is 17.0 Å². The van der Waals surface area contributed by atoms with Gasteiger partial charge in [-0.15, -0.1) is 0 Å². The summed E-state index contributed by atoms with van der Waals surface area (Å²) in [7, 11) is 0. The number of carbonyl (C=O) groups is 1. The largest absolute Gasteiger partial charge is 0.416 e. The molecule has 0 saturated carbocycles. The maximum absolute atomic E-state index is 12.7. The molecule has 0 spiro atoms. The molecule has 1 aromatic heterocycles. The van der Waals surface area contributed by atoms with Gasteiger partial charge >= 0.3 is 6.18 Å². The second kappa shape index (κ2) is 5.94. The number of rotatable bonds is 2. The fraction of sp³-hybridized carbons (Fsp3) is 0.375. The molecule has 2 unspecified atom stereocenters. The van der Waals surface area contributed by atoms with E-state index in [4.69, 9.17) is 0 Å². The minimum absolute atomic E-state index is 0.121. The van der Waals surface area contributed by atoms with E-state index in [-0.39, 0.29) is 24.6 Å². The van der Waals surface area contributed by atoms with Gasteiger partial charge in [0.05, 0.1) is 17.7 Å². The molecular formula is C16H16F3N3O2. The monoisotopic (exact) mass is 339 g/mol. The van der Waals surface area contributed by atoms with Crippen molar-refractivity contribution in [3.05, 3.63) is 52.8 Å². The summed E-state index contributed by atoms with van der Waals surface area (Å²) in [6.45, 7) is 1.88. The maximum atomic E-state index is 12.7. The Bertz CT molecular complexity index is 740. The Morgan fingerprint density at radius 2 is 2.00 bits per heavy atom. The zero-order valence-electron chi connectivity index (χ0n) is 12.8. The smallest absolute Gasteiger partial charge is 0.391 e. The molecule has 3 rings (SSSR count). The van der Waals surface area contributed by atoms with Gasteiger partial charge in [-0.1, -0.05) is 12.1 Å². The van der Waals surface area contributed by atoms with Crippen molar-refractivity contribution in [2.45, 2.75) is 31.7 Å². The van der Waals surface area contributed by atoms with Crippen LogP contribution in [0.3, 0.4) is 0 Å². The van der Waals surface area contributed by atoms with Crippen molar-refractivity contribution in [2.24, 2.45) is 0 Å². The second-order valence-electron chi connectivity index (χ2n) is 5.92. The van der Waals surface area contributed by atoms with E-state index in [9.17, 15) is 23.1 Å². The Hall–Kier alpha value is -2.35. The molecule has 0 aliphatic carbocycles. The molecule has 1 saturated heterocycles. The summed E-state index contributed by atoms with van der Waals surface area (Å²) in [5, 5.41) is 16.5. The number of aryl methyl sites for hydroxylation is 1. The van der Waals surface area contributed by atoms with Gasteiger partial charge in [0.15, 0.2) is 0 Å². The van der Waals surface area contributed by atoms with E-state index in [0.717, 1.165) is 17.8 Å². The van der Waals surface area contributed by atoms with Crippen LogP contribution in [0.4, 0.5) is 13.2 Å². The van der Waals surface area contributed by atoms with Gasteiger partial charge in [0, 0.05) is 12.2 Å². The number of likely N-dealkylation sites (tertiary alicyclic amines) is 1. The van der Waals surface area contributed by atoms with E-state index < -0.39 is 23.9 Å². The van der Waals surface area contributed by atoms with Gasteiger partial charge in [-0.25, -0.2) is 0 Å². The van der Waals surface area contributed by atoms with Crippen LogP contribution in [0.1, 0.15) is 39.8 Å². The van der Waals surface area contributed by atoms with E-state index in [1.807, 2.05) is 0 Å². The average Bonchev–Trinajstić information content (AvgIpc) is 3.12. The lowest BCUT2D eigenvalue weighted by Crippen LogP contribution is -2.32. The molecule has 5 nitrogen and oxygen atoms in total. The molecule has 0 bridgehead atoms. The van der Waals surface area contributed by atoms with Crippen molar-refractivity contribution >= 4 is 5.91 Å². The normalized spacial score (nSPS) is 21.3. The molecule has 2 aromatic rings. The van der Waals surface area contributed by atoms with Crippen LogP contribution in [0.2, 0.25) is 0 Å². The van der Waals surface area contributed by atoms with Crippen LogP contribution < -0.4 is 0 Å². The van der Waals surface area contributed by atoms with Crippen molar-refractivity contribution in [1.29, 1.82) is 0 Å². The van der Waals surface area contributed by atoms with Crippen molar-refractivity contribution in [3.63, 3.8) is 0 Å². The molecule has 128 valence electrons. The van der Waals surface area contributed by atoms with Gasteiger partial charge in [-0.3, -0.25) is 9.89 Å². The minimum atomic E-state index is -4.41. The number of nitrogens with zero attached hydrogens (tertiary/aromatic N) is 2. The van der Waals surface area contributed by atoms with Crippen molar-refractivity contribution < 1.29 is 23.1 Å². The molecule has 2 N–H and O–H groups in total. The van der Waals surface area contributed by atoms with E-state index >= 15 is 0 Å². The van der Waals surface area contributed by atoms with Crippen molar-refractivity contribution in [2.75, 3.05) is 6.54 Å². The molecule has 1 aliphatic heterocycles. The van der Waals surface area contributed by atoms with Crippen LogP contribution in [0, 0.1) is 6.92 Å². The molecule has 2 atom stereocenters. The quantitative estimate of drug-likeness (QED) is 0.884. The number of β-amino-alcohol motifs (C(OH)–C–C–N with tert-alkyl or cyclic N) is 1. The summed E-state index contributed by atoms with van der Waals surface area (Å²) in [6.07, 6.45) is -4.85. The molecule has 1 aliphatic rings. The highest BCUT2D eigenvalue weighted by Crippen LogP contribution is 2.35. The van der Waals surface area contributed by atoms with Gasteiger partial charge < -0.3 is 10.0 Å². The highest BCUT2D eigenvalue weighted by atomic mass is 19.4. The molecule has 24 heavy (non-hydrogen) atoms. The first-order valence-electron chi connectivity index (χ1n) is 7.44. The number of aliphatic hydroxyl groups is 1. The van der Waals surface area contributed by atoms with Crippen LogP contribution in [0.5, 0.6) is 0 Å². The molecule has 1 amide bonds. The Morgan fingerprint density at radius 1 is 1.33 bits per heavy atom. The zero-order chi connectivity index (χ0) is 17.5. The van der Waals surface area contributed by atoms with Crippen LogP contribution in [0.25, 0.3) is 0 Å². The number of H-pyrrole nitrogens is 1. The number of hydrogen-bond acceptors (Lipinski definition) is 3. The zero-order valence-corrected chi connectivity index (χ0v) is 12.8. The first-order chi connectivity index (χ1) is 11.3. The third-order valence-corrected chi connectivity index (χ3v) is 4.09. The predicted octanol–water partition coefficient (Wildman–Crippen LogP) is 2.69. The summed E-state index contributed by atoms with van der Waals surface area (Å²) in [5.41, 5.74) is 0.758. The lowest BCUT2D eigenvalue weighted by atomic mass is 10.0. The molecular weight excluding hydrogens is 323 g/mol. The summed E-state index contributed by atoms with van der Waals surface area (Å²) in [5.74, 6) is -0.360. The maximum Gasteiger partial charge on any atom is 0.416 e. The van der Waals surface area contributed by atoms with Crippen LogP contribution in [-0.2, 0) is 6.18 Å². The first-order valence-corrected chi connectivity index (χ1v) is 7.44. The number of nitrogens with one attached hydrogen (secondary N) is 1. The number of benzene rings is 1. The standard InChI is InChI=1S/C16H16F3N3O2/c1-9-6-13(21-20-9)15(24)22-8-12(23)7-14(22)10-2-4-11(5-3-10)16(17,18)19/h2-6,12,14,23H,7-8H2,1H3,(H,20,21). The van der Waals surface area contributed by atoms with Gasteiger partial charge in [-0.05, 0) is 37.1 Å². The summed E-state index contributed by atoms with van der Waals surface area (Å²) in [4.78, 5) is 14.0. The SMILES string of the molecule is Cc1cc(C(=O)N2CC(O)CC2c2ccc(C(F)(F)F)cc2)n[nH]1. The Labute approximate surface area is 136 Å². The molecule has 2 heterocycles. The molecule has 1 aromatic carbocycles. The van der Waals surface area contributed by atoms with Gasteiger partial charge in [-0.2, -0.15) is 18.3 Å². The first kappa shape index (κ1) is 16.5. The van der Waals surface area contributed by atoms with Crippen molar-refractivity contribution in [3.8, 4) is 0 Å². The third-order valence-electron chi connectivity index (χ3n) is 4.09. The summed E-state index contributed by atoms with van der Waals surface area (Å²) in [6, 6.07) is 5.79. The molecule has 8 heteroatoms. The van der Waals surface area contributed by atoms with Gasteiger partial charge in [0.1, 0.15) is 5.69 Å². The minimum Gasteiger partial charge on any atom is -0.391 e. The van der Waals surface area contributed by atoms with Gasteiger partial charge in [0.2, 0.25) is 0 Å². The van der Waals surface area contributed by atoms with Crippen LogP contribution in [-0.4, -0.2) is 38.8 Å². The second-order valence-corrected chi connectivity index (χ2v) is 5.92. The number of carbonyl (C=O) groups excluding carboxylic acids is 1. The summed E-state index contributed by atoms with van der Waals surface area (Å²) < 4.78 is 38.0. The number of alkyl halides is 3. The average molecular weight is 339 g/mol. The van der Waals surface area contributed by atoms with E-state index in [0.29, 0.717) is 5.56 Å². The number of aromatic nitrogens is 2. The third kappa shape index (κ3) is 3.14. The number of halogens is 3.